The second kappa shape index (κ2) is 7.53. The van der Waals surface area contributed by atoms with Crippen LogP contribution >= 0.6 is 23.2 Å². The molecule has 0 atom stereocenters. The van der Waals surface area contributed by atoms with Crippen LogP contribution in [0.25, 0.3) is 0 Å². The van der Waals surface area contributed by atoms with E-state index >= 15 is 0 Å². The number of rotatable bonds is 4. The van der Waals surface area contributed by atoms with E-state index in [1.807, 2.05) is 38.7 Å². The van der Waals surface area contributed by atoms with Gasteiger partial charge in [0, 0.05) is 24.0 Å². The van der Waals surface area contributed by atoms with Crippen molar-refractivity contribution in [3.8, 4) is 6.07 Å². The fourth-order valence-electron chi connectivity index (χ4n) is 1.83. The highest BCUT2D eigenvalue weighted by molar-refractivity contribution is 6.42. The van der Waals surface area contributed by atoms with E-state index in [-0.39, 0.29) is 11.1 Å². The summed E-state index contributed by atoms with van der Waals surface area (Å²) in [6, 6.07) is 6.69. The van der Waals surface area contributed by atoms with Crippen molar-refractivity contribution in [2.24, 2.45) is 0 Å². The Morgan fingerprint density at radius 3 is 2.45 bits per heavy atom. The van der Waals surface area contributed by atoms with E-state index in [1.54, 1.807) is 18.3 Å². The number of carbonyl (C=O) groups is 1. The van der Waals surface area contributed by atoms with Gasteiger partial charge in [-0.1, -0.05) is 23.2 Å². The quantitative estimate of drug-likeness (QED) is 0.650. The summed E-state index contributed by atoms with van der Waals surface area (Å²) >= 11 is 11.7. The molecule has 1 aromatic rings. The first-order chi connectivity index (χ1) is 10.2. The van der Waals surface area contributed by atoms with Gasteiger partial charge in [0.15, 0.2) is 0 Å². The lowest BCUT2D eigenvalue weighted by Gasteiger charge is -2.33. The summed E-state index contributed by atoms with van der Waals surface area (Å²) in [4.78, 5) is 14.1. The number of nitrogens with one attached hydrogen (secondary N) is 1. The molecule has 0 radical (unpaired) electrons. The van der Waals surface area contributed by atoms with Gasteiger partial charge in [0.25, 0.3) is 5.91 Å². The smallest absolute Gasteiger partial charge is 0.267 e. The van der Waals surface area contributed by atoms with Crippen LogP contribution in [0.5, 0.6) is 0 Å². The van der Waals surface area contributed by atoms with Crippen molar-refractivity contribution in [2.45, 2.75) is 33.2 Å². The van der Waals surface area contributed by atoms with Gasteiger partial charge in [-0.2, -0.15) is 5.26 Å². The van der Waals surface area contributed by atoms with Gasteiger partial charge in [0.2, 0.25) is 0 Å². The van der Waals surface area contributed by atoms with Crippen molar-refractivity contribution in [2.75, 3.05) is 11.9 Å². The number of anilines is 1. The highest BCUT2D eigenvalue weighted by Crippen LogP contribution is 2.25. The molecular weight excluding hydrogens is 321 g/mol. The molecule has 0 fully saturated rings. The van der Waals surface area contributed by atoms with Crippen molar-refractivity contribution in [3.63, 3.8) is 0 Å². The number of nitriles is 1. The average molecular weight is 340 g/mol. The van der Waals surface area contributed by atoms with Crippen LogP contribution in [-0.2, 0) is 4.79 Å². The largest absolute Gasteiger partial charge is 0.372 e. The van der Waals surface area contributed by atoms with Gasteiger partial charge >= 0.3 is 0 Å². The highest BCUT2D eigenvalue weighted by Gasteiger charge is 2.19. The number of carbonyl (C=O) groups excluding carboxylic acids is 1. The summed E-state index contributed by atoms with van der Waals surface area (Å²) < 4.78 is 0. The van der Waals surface area contributed by atoms with E-state index in [0.29, 0.717) is 22.3 Å². The number of halogens is 2. The first-order valence-corrected chi connectivity index (χ1v) is 7.59. The molecule has 0 aliphatic heterocycles. The lowest BCUT2D eigenvalue weighted by Crippen LogP contribution is -2.37. The first-order valence-electron chi connectivity index (χ1n) is 6.84. The number of benzene rings is 1. The zero-order valence-electron chi connectivity index (χ0n) is 13.1. The van der Waals surface area contributed by atoms with Crippen molar-refractivity contribution >= 4 is 34.8 Å². The minimum absolute atomic E-state index is 0.0304. The van der Waals surface area contributed by atoms with E-state index in [4.69, 9.17) is 23.2 Å². The molecule has 0 unspecified atom stereocenters. The monoisotopic (exact) mass is 339 g/mol. The Morgan fingerprint density at radius 2 is 2.00 bits per heavy atom. The molecule has 0 heterocycles. The third kappa shape index (κ3) is 4.94. The van der Waals surface area contributed by atoms with Gasteiger partial charge in [0.1, 0.15) is 11.6 Å². The zero-order chi connectivity index (χ0) is 16.9. The summed E-state index contributed by atoms with van der Waals surface area (Å²) in [6.45, 7) is 8.69. The molecule has 0 aromatic heterocycles. The first kappa shape index (κ1) is 18.3. The zero-order valence-corrected chi connectivity index (χ0v) is 14.6. The molecule has 1 aromatic carbocycles. The van der Waals surface area contributed by atoms with Crippen molar-refractivity contribution < 1.29 is 4.79 Å². The summed E-state index contributed by atoms with van der Waals surface area (Å²) in [7, 11) is 0. The lowest BCUT2D eigenvalue weighted by molar-refractivity contribution is -0.112. The topological polar surface area (TPSA) is 56.1 Å². The Labute approximate surface area is 141 Å². The van der Waals surface area contributed by atoms with Crippen LogP contribution in [0.4, 0.5) is 5.69 Å². The van der Waals surface area contributed by atoms with Gasteiger partial charge < -0.3 is 10.2 Å². The molecule has 118 valence electrons. The van der Waals surface area contributed by atoms with Crippen LogP contribution in [0.15, 0.2) is 30.0 Å². The average Bonchev–Trinajstić information content (AvgIpc) is 2.42. The third-order valence-corrected chi connectivity index (χ3v) is 3.77. The number of hydrogen-bond donors (Lipinski definition) is 1. The molecule has 0 saturated carbocycles. The summed E-state index contributed by atoms with van der Waals surface area (Å²) in [5.74, 6) is -0.483. The molecule has 1 N–H and O–H groups in total. The Kier molecular flexibility index (Phi) is 6.28. The minimum atomic E-state index is -0.483. The molecule has 0 saturated heterocycles. The van der Waals surface area contributed by atoms with E-state index in [2.05, 4.69) is 5.32 Å². The molecule has 6 heteroatoms. The molecule has 1 rings (SSSR count). The van der Waals surface area contributed by atoms with Crippen molar-refractivity contribution in [1.82, 2.24) is 4.90 Å². The Bertz CT molecular complexity index is 627. The standard InChI is InChI=1S/C16H19Cl2N3O/c1-5-21(16(2,3)4)10-11(9-19)15(22)20-12-6-7-13(17)14(18)8-12/h6-8,10H,5H2,1-4H3,(H,20,22)/b11-10-. The molecular formula is C16H19Cl2N3O. The van der Waals surface area contributed by atoms with E-state index < -0.39 is 5.91 Å². The van der Waals surface area contributed by atoms with E-state index in [1.165, 1.54) is 6.07 Å². The van der Waals surface area contributed by atoms with Crippen LogP contribution in [-0.4, -0.2) is 22.9 Å². The molecule has 0 spiro atoms. The van der Waals surface area contributed by atoms with Crippen LogP contribution in [0, 0.1) is 11.3 Å². The maximum absolute atomic E-state index is 12.2. The number of amides is 1. The SMILES string of the molecule is CCN(/C=C(/C#N)C(=O)Nc1ccc(Cl)c(Cl)c1)C(C)(C)C. The molecule has 0 aliphatic carbocycles. The predicted octanol–water partition coefficient (Wildman–Crippen LogP) is 4.46. The summed E-state index contributed by atoms with van der Waals surface area (Å²) in [6.07, 6.45) is 1.58. The van der Waals surface area contributed by atoms with Crippen molar-refractivity contribution in [1.29, 1.82) is 5.26 Å². The second-order valence-corrected chi connectivity index (χ2v) is 6.51. The molecule has 0 bridgehead atoms. The van der Waals surface area contributed by atoms with E-state index in [9.17, 15) is 10.1 Å². The summed E-state index contributed by atoms with van der Waals surface area (Å²) in [5, 5.41) is 12.6. The molecule has 4 nitrogen and oxygen atoms in total. The Hall–Kier alpha value is -1.70. The number of nitrogens with zero attached hydrogens (tertiary/aromatic N) is 2. The van der Waals surface area contributed by atoms with Crippen LogP contribution in [0.3, 0.4) is 0 Å². The Balaban J connectivity index is 2.98. The molecule has 1 amide bonds. The highest BCUT2D eigenvalue weighted by atomic mass is 35.5. The predicted molar refractivity (Wildman–Crippen MR) is 90.9 cm³/mol. The lowest BCUT2D eigenvalue weighted by atomic mass is 10.1. The van der Waals surface area contributed by atoms with Gasteiger partial charge in [-0.15, -0.1) is 0 Å². The summed E-state index contributed by atoms with van der Waals surface area (Å²) in [5.41, 5.74) is 0.336. The number of hydrogen-bond acceptors (Lipinski definition) is 3. The fourth-order valence-corrected chi connectivity index (χ4v) is 2.12. The minimum Gasteiger partial charge on any atom is -0.372 e. The van der Waals surface area contributed by atoms with Gasteiger partial charge in [0.05, 0.1) is 10.0 Å². The van der Waals surface area contributed by atoms with Crippen LogP contribution in [0.1, 0.15) is 27.7 Å². The van der Waals surface area contributed by atoms with Crippen LogP contribution < -0.4 is 5.32 Å². The second-order valence-electron chi connectivity index (χ2n) is 5.69. The molecule has 22 heavy (non-hydrogen) atoms. The normalized spacial score (nSPS) is 11.8. The van der Waals surface area contributed by atoms with E-state index in [0.717, 1.165) is 0 Å². The maximum atomic E-state index is 12.2. The Morgan fingerprint density at radius 1 is 1.36 bits per heavy atom. The van der Waals surface area contributed by atoms with Gasteiger partial charge in [-0.05, 0) is 45.9 Å². The van der Waals surface area contributed by atoms with Gasteiger partial charge in [-0.3, -0.25) is 4.79 Å². The maximum Gasteiger partial charge on any atom is 0.267 e. The van der Waals surface area contributed by atoms with Crippen molar-refractivity contribution in [3.05, 3.63) is 40.0 Å². The molecule has 0 aliphatic rings. The van der Waals surface area contributed by atoms with Gasteiger partial charge in [-0.25, -0.2) is 0 Å². The fraction of sp³-hybridized carbons (Fsp3) is 0.375. The third-order valence-electron chi connectivity index (χ3n) is 3.03. The van der Waals surface area contributed by atoms with Crippen LogP contribution in [0.2, 0.25) is 10.0 Å².